The average molecular weight is 423 g/mol. The molecule has 0 radical (unpaired) electrons. The van der Waals surface area contributed by atoms with E-state index in [1.807, 2.05) is 24.4 Å². The summed E-state index contributed by atoms with van der Waals surface area (Å²) in [6, 6.07) is 6.46. The molecule has 158 valence electrons. The van der Waals surface area contributed by atoms with Crippen molar-refractivity contribution >= 4 is 10.9 Å². The first kappa shape index (κ1) is 18.4. The highest BCUT2D eigenvalue weighted by Crippen LogP contribution is 2.40. The Morgan fingerprint density at radius 2 is 1.90 bits per heavy atom. The summed E-state index contributed by atoms with van der Waals surface area (Å²) in [6.45, 7) is 0. The summed E-state index contributed by atoms with van der Waals surface area (Å²) in [6.07, 6.45) is 5.74. The fourth-order valence-electron chi connectivity index (χ4n) is 4.70. The highest BCUT2D eigenvalue weighted by molar-refractivity contribution is 6.01. The molecule has 1 aromatic carbocycles. The molecule has 0 amide bonds. The smallest absolute Gasteiger partial charge is 0.264 e. The van der Waals surface area contributed by atoms with E-state index in [1.54, 1.807) is 18.5 Å². The number of hydrogen-bond acceptors (Lipinski definition) is 6. The molecule has 8 nitrogen and oxygen atoms in total. The Morgan fingerprint density at radius 1 is 1.00 bits per heavy atom. The van der Waals surface area contributed by atoms with Crippen LogP contribution in [0.25, 0.3) is 33.3 Å². The summed E-state index contributed by atoms with van der Waals surface area (Å²) < 4.78 is 33.7. The number of rotatable bonds is 4. The van der Waals surface area contributed by atoms with Gasteiger partial charge < -0.3 is 10.1 Å². The number of hydrogen-bond donors (Lipinski definition) is 3. The van der Waals surface area contributed by atoms with Gasteiger partial charge in [0.15, 0.2) is 0 Å². The zero-order valence-corrected chi connectivity index (χ0v) is 16.3. The molecule has 3 aromatic heterocycles. The summed E-state index contributed by atoms with van der Waals surface area (Å²) in [5, 5.41) is 26.5. The van der Waals surface area contributed by atoms with E-state index in [4.69, 9.17) is 4.74 Å². The maximum atomic E-state index is 13.9. The number of halogens is 2. The van der Waals surface area contributed by atoms with E-state index in [1.165, 1.54) is 0 Å². The standard InChI is InChI=1S/C21H19F2N7O/c22-21(23)7-12-5-13(6-18(21)27-12)31-19-4-3-17(28-29-19)15-2-1-14(11-8-24-25-9-11)16-10-26-30-20(15)16/h1-4,8-10,12-13,18,27H,5-7H2,(H,24,25)(H,26,30). The lowest BCUT2D eigenvalue weighted by Crippen LogP contribution is -2.46. The summed E-state index contributed by atoms with van der Waals surface area (Å²) >= 11 is 0. The lowest BCUT2D eigenvalue weighted by Gasteiger charge is -2.29. The molecule has 2 saturated heterocycles. The van der Waals surface area contributed by atoms with Crippen LogP contribution >= 0.6 is 0 Å². The van der Waals surface area contributed by atoms with Crippen molar-refractivity contribution in [2.75, 3.05) is 0 Å². The predicted octanol–water partition coefficient (Wildman–Crippen LogP) is 3.32. The van der Waals surface area contributed by atoms with Crippen molar-refractivity contribution in [2.24, 2.45) is 0 Å². The first-order chi connectivity index (χ1) is 15.1. The third-order valence-corrected chi connectivity index (χ3v) is 6.14. The number of ether oxygens (including phenoxy) is 1. The molecule has 2 aliphatic rings. The first-order valence-corrected chi connectivity index (χ1v) is 10.2. The Hall–Kier alpha value is -3.40. The second-order valence-electron chi connectivity index (χ2n) is 8.16. The summed E-state index contributed by atoms with van der Waals surface area (Å²) in [5.41, 5.74) is 4.34. The monoisotopic (exact) mass is 423 g/mol. The van der Waals surface area contributed by atoms with Crippen LogP contribution in [0.3, 0.4) is 0 Å². The Kier molecular flexibility index (Phi) is 4.04. The maximum absolute atomic E-state index is 13.9. The fraction of sp³-hybridized carbons (Fsp3) is 0.333. The molecule has 0 saturated carbocycles. The van der Waals surface area contributed by atoms with Crippen LogP contribution in [0.15, 0.2) is 42.9 Å². The SMILES string of the molecule is FC1(F)CC2CC(Oc3ccc(-c4ccc(-c5cn[nH]c5)c5cn[nH]c45)nn3)CC1N2. The molecule has 2 fully saturated rings. The Morgan fingerprint density at radius 3 is 2.68 bits per heavy atom. The molecule has 6 rings (SSSR count). The van der Waals surface area contributed by atoms with Crippen molar-refractivity contribution in [3.05, 3.63) is 42.9 Å². The Labute approximate surface area is 175 Å². The molecule has 3 atom stereocenters. The lowest BCUT2D eigenvalue weighted by molar-refractivity contribution is -0.0195. The highest BCUT2D eigenvalue weighted by Gasteiger charge is 2.53. The van der Waals surface area contributed by atoms with E-state index in [2.05, 4.69) is 35.9 Å². The van der Waals surface area contributed by atoms with Gasteiger partial charge in [0.25, 0.3) is 5.92 Å². The van der Waals surface area contributed by atoms with Crippen LogP contribution in [0.2, 0.25) is 0 Å². The largest absolute Gasteiger partial charge is 0.473 e. The number of nitrogens with zero attached hydrogens (tertiary/aromatic N) is 4. The van der Waals surface area contributed by atoms with Crippen molar-refractivity contribution in [3.8, 4) is 28.3 Å². The molecule has 5 heterocycles. The van der Waals surface area contributed by atoms with E-state index in [0.717, 1.165) is 27.6 Å². The van der Waals surface area contributed by atoms with Gasteiger partial charge >= 0.3 is 0 Å². The number of aromatic amines is 2. The summed E-state index contributed by atoms with van der Waals surface area (Å²) in [7, 11) is 0. The topological polar surface area (TPSA) is 104 Å². The second-order valence-corrected chi connectivity index (χ2v) is 8.16. The number of alkyl halides is 2. The van der Waals surface area contributed by atoms with Crippen LogP contribution in [0.1, 0.15) is 19.3 Å². The number of fused-ring (bicyclic) bond motifs is 3. The molecule has 3 unspecified atom stereocenters. The molecule has 31 heavy (non-hydrogen) atoms. The maximum Gasteiger partial charge on any atom is 0.264 e. The van der Waals surface area contributed by atoms with Gasteiger partial charge in [0.1, 0.15) is 6.10 Å². The fourth-order valence-corrected chi connectivity index (χ4v) is 4.70. The van der Waals surface area contributed by atoms with Crippen molar-refractivity contribution in [2.45, 2.75) is 43.4 Å². The second kappa shape index (κ2) is 6.81. The van der Waals surface area contributed by atoms with E-state index < -0.39 is 12.0 Å². The predicted molar refractivity (Wildman–Crippen MR) is 109 cm³/mol. The average Bonchev–Trinajstić information content (AvgIpc) is 3.49. The van der Waals surface area contributed by atoms with Crippen molar-refractivity contribution in [1.82, 2.24) is 35.9 Å². The van der Waals surface area contributed by atoms with Gasteiger partial charge in [0.05, 0.1) is 29.6 Å². The van der Waals surface area contributed by atoms with Gasteiger partial charge in [-0.2, -0.15) is 10.2 Å². The Bertz CT molecular complexity index is 1220. The van der Waals surface area contributed by atoms with Gasteiger partial charge in [0, 0.05) is 47.7 Å². The first-order valence-electron chi connectivity index (χ1n) is 10.2. The van der Waals surface area contributed by atoms with Gasteiger partial charge in [-0.25, -0.2) is 8.78 Å². The molecular weight excluding hydrogens is 404 g/mol. The minimum Gasteiger partial charge on any atom is -0.473 e. The molecule has 0 spiro atoms. The number of aromatic nitrogens is 6. The van der Waals surface area contributed by atoms with Crippen molar-refractivity contribution in [3.63, 3.8) is 0 Å². The third kappa shape index (κ3) is 3.14. The molecule has 10 heteroatoms. The van der Waals surface area contributed by atoms with Gasteiger partial charge in [0.2, 0.25) is 5.88 Å². The van der Waals surface area contributed by atoms with Gasteiger partial charge in [-0.3, -0.25) is 10.2 Å². The van der Waals surface area contributed by atoms with Crippen LogP contribution in [-0.2, 0) is 0 Å². The molecule has 0 aliphatic carbocycles. The molecule has 3 N–H and O–H groups in total. The van der Waals surface area contributed by atoms with Crippen LogP contribution in [0.4, 0.5) is 8.78 Å². The van der Waals surface area contributed by atoms with Gasteiger partial charge in [-0.1, -0.05) is 6.07 Å². The number of nitrogens with one attached hydrogen (secondary N) is 3. The quantitative estimate of drug-likeness (QED) is 0.465. The zero-order valence-electron chi connectivity index (χ0n) is 16.3. The molecule has 4 aromatic rings. The number of piperidine rings is 1. The minimum atomic E-state index is -2.67. The van der Waals surface area contributed by atoms with Gasteiger partial charge in [-0.15, -0.1) is 10.2 Å². The minimum absolute atomic E-state index is 0.128. The number of H-pyrrole nitrogens is 2. The zero-order chi connectivity index (χ0) is 21.0. The van der Waals surface area contributed by atoms with E-state index in [9.17, 15) is 8.78 Å². The third-order valence-electron chi connectivity index (χ3n) is 6.14. The molecule has 2 aliphatic heterocycles. The Balaban J connectivity index is 1.24. The highest BCUT2D eigenvalue weighted by atomic mass is 19.3. The van der Waals surface area contributed by atoms with Gasteiger partial charge in [-0.05, 0) is 24.1 Å². The van der Waals surface area contributed by atoms with Crippen LogP contribution < -0.4 is 10.1 Å². The lowest BCUT2D eigenvalue weighted by atomic mass is 10.0. The molecular formula is C21H19F2N7O. The van der Waals surface area contributed by atoms with Crippen LogP contribution in [0, 0.1) is 0 Å². The van der Waals surface area contributed by atoms with E-state index in [-0.39, 0.29) is 25.0 Å². The van der Waals surface area contributed by atoms with E-state index >= 15 is 0 Å². The van der Waals surface area contributed by atoms with Crippen LogP contribution in [0.5, 0.6) is 5.88 Å². The van der Waals surface area contributed by atoms with Crippen molar-refractivity contribution in [1.29, 1.82) is 0 Å². The number of benzene rings is 1. The van der Waals surface area contributed by atoms with E-state index in [0.29, 0.717) is 18.0 Å². The molecule has 2 bridgehead atoms. The summed E-state index contributed by atoms with van der Waals surface area (Å²) in [4.78, 5) is 0. The van der Waals surface area contributed by atoms with Crippen LogP contribution in [-0.4, -0.2) is 54.7 Å². The summed E-state index contributed by atoms with van der Waals surface area (Å²) in [5.74, 6) is -2.33. The van der Waals surface area contributed by atoms with Crippen molar-refractivity contribution < 1.29 is 13.5 Å². The normalized spacial score (nSPS) is 24.5.